The molecule has 3 nitrogen and oxygen atoms in total. The SMILES string of the molecule is Fc1ccc(-c2nc(-c3ccc(F)cc3)nc(-c3ccc(Br)cc3)n2)cc1. The van der Waals surface area contributed by atoms with Crippen molar-refractivity contribution in [3.63, 3.8) is 0 Å². The molecule has 0 saturated heterocycles. The van der Waals surface area contributed by atoms with Crippen molar-refractivity contribution < 1.29 is 8.78 Å². The van der Waals surface area contributed by atoms with Crippen LogP contribution in [0.4, 0.5) is 8.78 Å². The zero-order valence-corrected chi connectivity index (χ0v) is 15.5. The van der Waals surface area contributed by atoms with Gasteiger partial charge < -0.3 is 0 Å². The van der Waals surface area contributed by atoms with Gasteiger partial charge in [0, 0.05) is 21.2 Å². The molecule has 132 valence electrons. The molecule has 1 heterocycles. The van der Waals surface area contributed by atoms with Crippen LogP contribution in [0.3, 0.4) is 0 Å². The minimum atomic E-state index is -0.334. The second-order valence-corrected chi connectivity index (χ2v) is 6.74. The summed E-state index contributed by atoms with van der Waals surface area (Å²) in [6, 6.07) is 19.5. The molecule has 0 amide bonds. The summed E-state index contributed by atoms with van der Waals surface area (Å²) < 4.78 is 27.5. The largest absolute Gasteiger partial charge is 0.208 e. The van der Waals surface area contributed by atoms with E-state index >= 15 is 0 Å². The lowest BCUT2D eigenvalue weighted by atomic mass is 10.1. The van der Waals surface area contributed by atoms with Gasteiger partial charge in [-0.15, -0.1) is 0 Å². The van der Waals surface area contributed by atoms with Crippen LogP contribution in [-0.4, -0.2) is 15.0 Å². The highest BCUT2D eigenvalue weighted by Crippen LogP contribution is 2.25. The number of halogens is 3. The van der Waals surface area contributed by atoms with Gasteiger partial charge in [-0.25, -0.2) is 23.7 Å². The van der Waals surface area contributed by atoms with Gasteiger partial charge in [0.15, 0.2) is 17.5 Å². The van der Waals surface area contributed by atoms with Crippen LogP contribution in [-0.2, 0) is 0 Å². The smallest absolute Gasteiger partial charge is 0.164 e. The Bertz CT molecular complexity index is 926. The van der Waals surface area contributed by atoms with Gasteiger partial charge in [0.2, 0.25) is 0 Å². The van der Waals surface area contributed by atoms with Crippen molar-refractivity contribution in [1.29, 1.82) is 0 Å². The van der Waals surface area contributed by atoms with Crippen LogP contribution in [0.1, 0.15) is 0 Å². The molecular weight excluding hydrogens is 412 g/mol. The lowest BCUT2D eigenvalue weighted by Crippen LogP contribution is -2.00. The molecule has 0 aliphatic rings. The molecule has 0 aliphatic carbocycles. The number of hydrogen-bond donors (Lipinski definition) is 0. The number of nitrogens with zero attached hydrogens (tertiary/aromatic N) is 3. The Balaban J connectivity index is 1.89. The van der Waals surface area contributed by atoms with Crippen molar-refractivity contribution in [1.82, 2.24) is 15.0 Å². The molecule has 0 spiro atoms. The Morgan fingerprint density at radius 3 is 1.11 bits per heavy atom. The van der Waals surface area contributed by atoms with Crippen LogP contribution < -0.4 is 0 Å². The second-order valence-electron chi connectivity index (χ2n) is 5.83. The number of rotatable bonds is 3. The Labute approximate surface area is 162 Å². The Morgan fingerprint density at radius 1 is 0.481 bits per heavy atom. The van der Waals surface area contributed by atoms with E-state index in [9.17, 15) is 8.78 Å². The molecule has 6 heteroatoms. The topological polar surface area (TPSA) is 38.7 Å². The maximum Gasteiger partial charge on any atom is 0.164 e. The van der Waals surface area contributed by atoms with E-state index in [1.54, 1.807) is 24.3 Å². The van der Waals surface area contributed by atoms with E-state index in [0.717, 1.165) is 10.0 Å². The van der Waals surface area contributed by atoms with E-state index in [2.05, 4.69) is 30.9 Å². The molecule has 4 aromatic rings. The molecule has 0 unspecified atom stereocenters. The molecule has 27 heavy (non-hydrogen) atoms. The highest BCUT2D eigenvalue weighted by atomic mass is 79.9. The first kappa shape index (κ1) is 17.4. The summed E-state index contributed by atoms with van der Waals surface area (Å²) in [5, 5.41) is 0. The number of aromatic nitrogens is 3. The third-order valence-electron chi connectivity index (χ3n) is 3.94. The second kappa shape index (κ2) is 7.32. The summed E-state index contributed by atoms with van der Waals surface area (Å²) >= 11 is 3.41. The van der Waals surface area contributed by atoms with E-state index in [0.29, 0.717) is 28.6 Å². The summed E-state index contributed by atoms with van der Waals surface area (Å²) in [4.78, 5) is 13.6. The molecule has 4 rings (SSSR count). The minimum absolute atomic E-state index is 0.334. The van der Waals surface area contributed by atoms with Gasteiger partial charge in [-0.3, -0.25) is 0 Å². The van der Waals surface area contributed by atoms with Crippen LogP contribution in [0.15, 0.2) is 77.3 Å². The van der Waals surface area contributed by atoms with Crippen molar-refractivity contribution in [2.75, 3.05) is 0 Å². The fourth-order valence-electron chi connectivity index (χ4n) is 2.56. The molecule has 0 radical (unpaired) electrons. The average molecular weight is 424 g/mol. The normalized spacial score (nSPS) is 10.8. The Morgan fingerprint density at radius 2 is 0.778 bits per heavy atom. The summed E-state index contributed by atoms with van der Waals surface area (Å²) in [6.45, 7) is 0. The van der Waals surface area contributed by atoms with Gasteiger partial charge in [-0.1, -0.05) is 28.1 Å². The predicted octanol–water partition coefficient (Wildman–Crippen LogP) is 5.91. The van der Waals surface area contributed by atoms with Crippen LogP contribution >= 0.6 is 15.9 Å². The van der Waals surface area contributed by atoms with E-state index in [1.165, 1.54) is 24.3 Å². The van der Waals surface area contributed by atoms with Crippen LogP contribution in [0.2, 0.25) is 0 Å². The first-order valence-electron chi connectivity index (χ1n) is 8.12. The van der Waals surface area contributed by atoms with Crippen LogP contribution in [0.5, 0.6) is 0 Å². The summed E-state index contributed by atoms with van der Waals surface area (Å²) in [6.07, 6.45) is 0. The third kappa shape index (κ3) is 3.90. The van der Waals surface area contributed by atoms with Crippen LogP contribution in [0, 0.1) is 11.6 Å². The molecule has 3 aromatic carbocycles. The quantitative estimate of drug-likeness (QED) is 0.410. The monoisotopic (exact) mass is 423 g/mol. The van der Waals surface area contributed by atoms with Gasteiger partial charge >= 0.3 is 0 Å². The van der Waals surface area contributed by atoms with E-state index in [4.69, 9.17) is 0 Å². The maximum atomic E-state index is 13.3. The predicted molar refractivity (Wildman–Crippen MR) is 104 cm³/mol. The highest BCUT2D eigenvalue weighted by molar-refractivity contribution is 9.10. The number of benzene rings is 3. The minimum Gasteiger partial charge on any atom is -0.208 e. The summed E-state index contributed by atoms with van der Waals surface area (Å²) in [7, 11) is 0. The van der Waals surface area contributed by atoms with Crippen molar-refractivity contribution in [3.8, 4) is 34.2 Å². The van der Waals surface area contributed by atoms with Gasteiger partial charge in [0.25, 0.3) is 0 Å². The molecule has 0 atom stereocenters. The van der Waals surface area contributed by atoms with E-state index in [1.807, 2.05) is 24.3 Å². The lowest BCUT2D eigenvalue weighted by molar-refractivity contribution is 0.627. The molecule has 0 aliphatic heterocycles. The highest BCUT2D eigenvalue weighted by Gasteiger charge is 2.12. The Hall–Kier alpha value is -2.99. The molecule has 0 fully saturated rings. The van der Waals surface area contributed by atoms with Gasteiger partial charge in [-0.05, 0) is 60.7 Å². The molecular formula is C21H12BrF2N3. The van der Waals surface area contributed by atoms with Crippen molar-refractivity contribution in [3.05, 3.63) is 88.9 Å². The zero-order chi connectivity index (χ0) is 18.8. The maximum absolute atomic E-state index is 13.3. The zero-order valence-electron chi connectivity index (χ0n) is 13.9. The van der Waals surface area contributed by atoms with Gasteiger partial charge in [0.1, 0.15) is 11.6 Å². The van der Waals surface area contributed by atoms with E-state index < -0.39 is 0 Å². The van der Waals surface area contributed by atoms with Crippen molar-refractivity contribution in [2.24, 2.45) is 0 Å². The fraction of sp³-hybridized carbons (Fsp3) is 0. The molecule has 0 bridgehead atoms. The first-order valence-corrected chi connectivity index (χ1v) is 8.92. The fourth-order valence-corrected chi connectivity index (χ4v) is 2.82. The van der Waals surface area contributed by atoms with Gasteiger partial charge in [0.05, 0.1) is 0 Å². The lowest BCUT2D eigenvalue weighted by Gasteiger charge is -2.08. The summed E-state index contributed by atoms with van der Waals surface area (Å²) in [5.74, 6) is 0.653. The number of hydrogen-bond acceptors (Lipinski definition) is 3. The first-order chi connectivity index (χ1) is 13.1. The molecule has 0 saturated carbocycles. The van der Waals surface area contributed by atoms with Crippen LogP contribution in [0.25, 0.3) is 34.2 Å². The van der Waals surface area contributed by atoms with Crippen molar-refractivity contribution in [2.45, 2.75) is 0 Å². The molecule has 1 aromatic heterocycles. The standard InChI is InChI=1S/C21H12BrF2N3/c22-16-7-1-13(2-8-16)19-25-20(14-3-9-17(23)10-4-14)27-21(26-19)15-5-11-18(24)12-6-15/h1-12H. The van der Waals surface area contributed by atoms with Gasteiger partial charge in [-0.2, -0.15) is 0 Å². The molecule has 0 N–H and O–H groups in total. The average Bonchev–Trinajstić information content (AvgIpc) is 2.69. The van der Waals surface area contributed by atoms with E-state index in [-0.39, 0.29) is 11.6 Å². The summed E-state index contributed by atoms with van der Waals surface area (Å²) in [5.41, 5.74) is 2.15. The third-order valence-corrected chi connectivity index (χ3v) is 4.47. The van der Waals surface area contributed by atoms with Crippen molar-refractivity contribution >= 4 is 15.9 Å². The Kier molecular flexibility index (Phi) is 4.73.